The number of hydrogen-bond donors (Lipinski definition) is 0. The van der Waals surface area contributed by atoms with Crippen molar-refractivity contribution in [3.05, 3.63) is 0 Å². The molecule has 2 bridgehead atoms. The lowest BCUT2D eigenvalue weighted by Crippen LogP contribution is -2.38. The van der Waals surface area contributed by atoms with Crippen LogP contribution in [0.5, 0.6) is 0 Å². The summed E-state index contributed by atoms with van der Waals surface area (Å²) in [6.45, 7) is 8.22. The van der Waals surface area contributed by atoms with Crippen molar-refractivity contribution in [2.45, 2.75) is 46.1 Å². The minimum absolute atomic E-state index is 0.0955. The Kier molecular flexibility index (Phi) is 3.26. The fourth-order valence-corrected chi connectivity index (χ4v) is 3.18. The molecule has 0 N–H and O–H groups in total. The molecule has 2 rings (SSSR count). The molecule has 102 valence electrons. The van der Waals surface area contributed by atoms with Crippen molar-refractivity contribution in [1.82, 2.24) is 0 Å². The topological polar surface area (TPSA) is 52.6 Å². The third-order valence-electron chi connectivity index (χ3n) is 4.13. The van der Waals surface area contributed by atoms with Gasteiger partial charge in [0.1, 0.15) is 11.4 Å². The van der Waals surface area contributed by atoms with Crippen molar-refractivity contribution < 1.29 is 19.1 Å². The van der Waals surface area contributed by atoms with Gasteiger partial charge in [0.15, 0.2) is 0 Å². The molecule has 0 saturated carbocycles. The highest BCUT2D eigenvalue weighted by Gasteiger charge is 2.48. The smallest absolute Gasteiger partial charge is 0.314 e. The van der Waals surface area contributed by atoms with Crippen LogP contribution in [-0.2, 0) is 19.1 Å². The van der Waals surface area contributed by atoms with Gasteiger partial charge in [0.05, 0.1) is 18.6 Å². The van der Waals surface area contributed by atoms with Crippen molar-refractivity contribution >= 4 is 11.8 Å². The van der Waals surface area contributed by atoms with E-state index in [0.29, 0.717) is 26.1 Å². The fraction of sp³-hybridized carbons (Fsp3) is 0.857. The zero-order chi connectivity index (χ0) is 13.6. The molecule has 0 spiro atoms. The van der Waals surface area contributed by atoms with Crippen molar-refractivity contribution in [3.8, 4) is 0 Å². The maximum atomic E-state index is 12.3. The number of hydrogen-bond acceptors (Lipinski definition) is 4. The highest BCUT2D eigenvalue weighted by Crippen LogP contribution is 2.38. The Labute approximate surface area is 108 Å². The van der Waals surface area contributed by atoms with E-state index in [0.717, 1.165) is 0 Å². The van der Waals surface area contributed by atoms with E-state index < -0.39 is 11.0 Å². The van der Waals surface area contributed by atoms with Gasteiger partial charge < -0.3 is 9.47 Å². The zero-order valence-corrected chi connectivity index (χ0v) is 11.6. The van der Waals surface area contributed by atoms with Crippen LogP contribution in [0.15, 0.2) is 0 Å². The molecule has 4 atom stereocenters. The van der Waals surface area contributed by atoms with E-state index in [1.54, 1.807) is 0 Å². The molecule has 0 amide bonds. The Hall–Kier alpha value is -0.900. The normalized spacial score (nSPS) is 45.8. The van der Waals surface area contributed by atoms with Crippen LogP contribution in [0.25, 0.3) is 0 Å². The van der Waals surface area contributed by atoms with Gasteiger partial charge in [-0.1, -0.05) is 13.8 Å². The molecule has 0 aromatic carbocycles. The van der Waals surface area contributed by atoms with E-state index in [9.17, 15) is 9.59 Å². The first-order valence-corrected chi connectivity index (χ1v) is 6.61. The quantitative estimate of drug-likeness (QED) is 0.620. The van der Waals surface area contributed by atoms with Gasteiger partial charge in [-0.05, 0) is 26.7 Å². The molecule has 4 nitrogen and oxygen atoms in total. The van der Waals surface area contributed by atoms with Gasteiger partial charge in [-0.25, -0.2) is 0 Å². The molecule has 0 aromatic rings. The van der Waals surface area contributed by atoms with Gasteiger partial charge in [-0.2, -0.15) is 0 Å². The second kappa shape index (κ2) is 4.34. The molecule has 18 heavy (non-hydrogen) atoms. The first kappa shape index (κ1) is 13.5. The first-order valence-electron chi connectivity index (χ1n) is 6.61. The maximum Gasteiger partial charge on any atom is 0.314 e. The van der Waals surface area contributed by atoms with Crippen LogP contribution in [-0.4, -0.2) is 30.6 Å². The van der Waals surface area contributed by atoms with Crippen molar-refractivity contribution in [2.75, 3.05) is 13.2 Å². The van der Waals surface area contributed by atoms with Gasteiger partial charge in [0.2, 0.25) is 0 Å². The molecular weight excluding hydrogens is 232 g/mol. The summed E-state index contributed by atoms with van der Waals surface area (Å²) >= 11 is 0. The van der Waals surface area contributed by atoms with Gasteiger partial charge in [0.25, 0.3) is 0 Å². The van der Waals surface area contributed by atoms with E-state index in [4.69, 9.17) is 9.47 Å². The summed E-state index contributed by atoms with van der Waals surface area (Å²) in [5.74, 6) is -0.215. The molecule has 2 saturated heterocycles. The average Bonchev–Trinajstić information content (AvgIpc) is 2.34. The number of ether oxygens (including phenoxy) is 2. The van der Waals surface area contributed by atoms with E-state index in [1.165, 1.54) is 0 Å². The Morgan fingerprint density at radius 3 is 2.33 bits per heavy atom. The largest absolute Gasteiger partial charge is 0.456 e. The number of Topliss-reactive ketones (excluding diaryl/α,β-unsaturated/α-hetero) is 1. The van der Waals surface area contributed by atoms with Crippen LogP contribution >= 0.6 is 0 Å². The van der Waals surface area contributed by atoms with Crippen molar-refractivity contribution in [2.24, 2.45) is 17.3 Å². The lowest BCUT2D eigenvalue weighted by Gasteiger charge is -2.29. The Morgan fingerprint density at radius 1 is 1.06 bits per heavy atom. The molecular formula is C14H22O4. The zero-order valence-electron chi connectivity index (χ0n) is 11.6. The van der Waals surface area contributed by atoms with Gasteiger partial charge in [0, 0.05) is 11.8 Å². The Balaban J connectivity index is 2.40. The lowest BCUT2D eigenvalue weighted by atomic mass is 9.78. The van der Waals surface area contributed by atoms with E-state index >= 15 is 0 Å². The summed E-state index contributed by atoms with van der Waals surface area (Å²) in [6, 6.07) is 0. The minimum atomic E-state index is -0.698. The Morgan fingerprint density at radius 2 is 1.67 bits per heavy atom. The lowest BCUT2D eigenvalue weighted by molar-refractivity contribution is -0.167. The summed E-state index contributed by atoms with van der Waals surface area (Å²) in [4.78, 5) is 24.5. The minimum Gasteiger partial charge on any atom is -0.456 e. The third kappa shape index (κ3) is 2.30. The van der Waals surface area contributed by atoms with E-state index in [1.807, 2.05) is 27.7 Å². The van der Waals surface area contributed by atoms with Crippen LogP contribution in [0, 0.1) is 17.3 Å². The van der Waals surface area contributed by atoms with Gasteiger partial charge >= 0.3 is 5.97 Å². The number of carbonyl (C=O) groups is 2. The van der Waals surface area contributed by atoms with Crippen LogP contribution in [0.4, 0.5) is 0 Å². The summed E-state index contributed by atoms with van der Waals surface area (Å²) in [7, 11) is 0. The van der Waals surface area contributed by atoms with Gasteiger partial charge in [-0.15, -0.1) is 0 Å². The van der Waals surface area contributed by atoms with Crippen molar-refractivity contribution in [1.29, 1.82) is 0 Å². The molecule has 4 unspecified atom stereocenters. The predicted octanol–water partition coefficient (Wildman–Crippen LogP) is 1.96. The number of esters is 1. The monoisotopic (exact) mass is 254 g/mol. The third-order valence-corrected chi connectivity index (χ3v) is 4.13. The Bertz CT molecular complexity index is 378. The second-order valence-corrected chi connectivity index (χ2v) is 6.51. The van der Waals surface area contributed by atoms with Gasteiger partial charge in [-0.3, -0.25) is 9.59 Å². The number of carbonyl (C=O) groups excluding carboxylic acids is 2. The highest BCUT2D eigenvalue weighted by molar-refractivity contribution is 5.85. The summed E-state index contributed by atoms with van der Waals surface area (Å²) in [6.07, 6.45) is 1.04. The molecule has 2 aliphatic rings. The molecule has 2 aliphatic heterocycles. The molecule has 2 fully saturated rings. The van der Waals surface area contributed by atoms with E-state index in [2.05, 4.69) is 0 Å². The molecule has 2 heterocycles. The fourth-order valence-electron chi connectivity index (χ4n) is 3.18. The molecule has 0 radical (unpaired) electrons. The van der Waals surface area contributed by atoms with Crippen LogP contribution in [0.1, 0.15) is 40.5 Å². The number of rotatable bonds is 0. The summed E-state index contributed by atoms with van der Waals surface area (Å²) < 4.78 is 11.3. The number of ketones is 1. The molecule has 0 aliphatic carbocycles. The number of fused-ring (bicyclic) bond motifs is 3. The summed E-state index contributed by atoms with van der Waals surface area (Å²) in [5, 5.41) is 0. The first-order chi connectivity index (χ1) is 8.26. The average molecular weight is 254 g/mol. The predicted molar refractivity (Wildman–Crippen MR) is 66.0 cm³/mol. The maximum absolute atomic E-state index is 12.3. The standard InChI is InChI=1S/C14H22O4/c1-9-5-13(3)7-17-8-14(4,18-12(13)16)6-10(2)11(9)15/h9-10H,5-8H2,1-4H3. The van der Waals surface area contributed by atoms with Crippen LogP contribution < -0.4 is 0 Å². The van der Waals surface area contributed by atoms with Crippen LogP contribution in [0.3, 0.4) is 0 Å². The molecule has 0 aromatic heterocycles. The summed E-state index contributed by atoms with van der Waals surface area (Å²) in [5.41, 5.74) is -1.37. The highest BCUT2D eigenvalue weighted by atomic mass is 16.6. The molecule has 4 heteroatoms. The van der Waals surface area contributed by atoms with E-state index in [-0.39, 0.29) is 23.6 Å². The van der Waals surface area contributed by atoms with Crippen LogP contribution in [0.2, 0.25) is 0 Å². The van der Waals surface area contributed by atoms with Crippen molar-refractivity contribution in [3.63, 3.8) is 0 Å². The SMILES string of the molecule is CC1CC2(C)COCC(C)(CC(C)C1=O)C(=O)O2. The second-order valence-electron chi connectivity index (χ2n) is 6.51.